The first kappa shape index (κ1) is 52.8. The molecule has 6 bridgehead atoms. The van der Waals surface area contributed by atoms with E-state index in [2.05, 4.69) is 66.2 Å². The number of rotatable bonds is 12. The number of carbonyl (C=O) groups excluding carboxylic acids is 5. The molecule has 3 N–H and O–H groups in total. The molecule has 16 nitrogen and oxygen atoms in total. The van der Waals surface area contributed by atoms with Gasteiger partial charge in [0.05, 0.1) is 24.9 Å². The van der Waals surface area contributed by atoms with Gasteiger partial charge in [0.2, 0.25) is 17.7 Å². The zero-order valence-corrected chi connectivity index (χ0v) is 44.7. The van der Waals surface area contributed by atoms with Gasteiger partial charge in [0.1, 0.15) is 28.6 Å². The Labute approximate surface area is 427 Å². The van der Waals surface area contributed by atoms with Gasteiger partial charge < -0.3 is 34.1 Å². The number of phenols is 1. The molecular formula is C55H74N8O8S. The van der Waals surface area contributed by atoms with E-state index >= 15 is 0 Å². The molecule has 3 aliphatic heterocycles. The first-order valence-corrected chi connectivity index (χ1v) is 26.8. The largest absolute Gasteiger partial charge is 0.597 e. The SMILES string of the molecule is CCc1ccncc1-c1c2c3cc(ccc3n1CC)-c1cc(O)cc(c1)C[C@H](NC(=O)[C@H](C(C)C)N(C)C(=O)CN(C)C(=O)[C@H]1[C@@H](C3CC3)N1[S@+]([O-])C(C)(C)C)C(=O)N1CCC[C@H](N1)C(=O)OCC(C)(C)C2. The Bertz CT molecular complexity index is 2730. The van der Waals surface area contributed by atoms with Gasteiger partial charge in [0.25, 0.3) is 5.91 Å². The molecule has 4 amide bonds. The van der Waals surface area contributed by atoms with Crippen LogP contribution >= 0.6 is 0 Å². The number of nitrogens with zero attached hydrogens (tertiary/aromatic N) is 6. The van der Waals surface area contributed by atoms with Crippen molar-refractivity contribution >= 4 is 51.9 Å². The number of aryl methyl sites for hydroxylation is 2. The van der Waals surface area contributed by atoms with Crippen LogP contribution in [0.25, 0.3) is 33.3 Å². The lowest BCUT2D eigenvalue weighted by atomic mass is 9.84. The summed E-state index contributed by atoms with van der Waals surface area (Å²) in [5.74, 6) is -2.46. The Morgan fingerprint density at radius 2 is 1.78 bits per heavy atom. The first-order valence-electron chi connectivity index (χ1n) is 25.7. The molecule has 4 aliphatic rings. The number of hydrazine groups is 1. The van der Waals surface area contributed by atoms with E-state index in [9.17, 15) is 33.6 Å². The lowest BCUT2D eigenvalue weighted by Crippen LogP contribution is -2.62. The predicted molar refractivity (Wildman–Crippen MR) is 278 cm³/mol. The number of aromatic nitrogens is 2. The van der Waals surface area contributed by atoms with Crippen molar-refractivity contribution in [3.05, 3.63) is 71.5 Å². The number of fused-ring (bicyclic) bond motifs is 6. The lowest BCUT2D eigenvalue weighted by Gasteiger charge is -2.37. The number of hydrogen-bond donors (Lipinski definition) is 3. The van der Waals surface area contributed by atoms with E-state index in [-0.39, 0.29) is 43.8 Å². The van der Waals surface area contributed by atoms with E-state index in [1.807, 2.05) is 59.1 Å². The molecule has 17 heteroatoms. The number of phenolic OH excluding ortho intramolecular Hbond substituents is 1. The Hall–Kier alpha value is -5.49. The molecule has 5 heterocycles. The van der Waals surface area contributed by atoms with Crippen LogP contribution < -0.4 is 10.7 Å². The van der Waals surface area contributed by atoms with Crippen LogP contribution in [0.3, 0.4) is 0 Å². The summed E-state index contributed by atoms with van der Waals surface area (Å²) in [7, 11) is 3.07. The molecule has 72 heavy (non-hydrogen) atoms. The molecule has 1 saturated carbocycles. The maximum atomic E-state index is 14.8. The van der Waals surface area contributed by atoms with Crippen LogP contribution in [-0.2, 0) is 65.9 Å². The van der Waals surface area contributed by atoms with Gasteiger partial charge in [-0.05, 0) is 136 Å². The molecule has 388 valence electrons. The van der Waals surface area contributed by atoms with Crippen molar-refractivity contribution in [1.82, 2.24) is 39.4 Å². The zero-order chi connectivity index (χ0) is 52.1. The van der Waals surface area contributed by atoms with E-state index in [4.69, 9.17) is 4.74 Å². The number of likely N-dealkylation sites (N-methyl/N-ethyl adjacent to an activating group) is 2. The molecule has 0 radical (unpaired) electrons. The third-order valence-corrected chi connectivity index (χ3v) is 16.6. The second-order valence-electron chi connectivity index (χ2n) is 22.5. The van der Waals surface area contributed by atoms with Crippen LogP contribution in [0, 0.1) is 17.3 Å². The molecule has 3 fully saturated rings. The van der Waals surface area contributed by atoms with Crippen molar-refractivity contribution in [2.24, 2.45) is 17.3 Å². The zero-order valence-electron chi connectivity index (χ0n) is 43.9. The maximum absolute atomic E-state index is 14.8. The van der Waals surface area contributed by atoms with Crippen molar-refractivity contribution < 1.29 is 38.4 Å². The van der Waals surface area contributed by atoms with Gasteiger partial charge in [0, 0.05) is 79.2 Å². The second kappa shape index (κ2) is 20.8. The van der Waals surface area contributed by atoms with Crippen molar-refractivity contribution in [2.45, 2.75) is 149 Å². The smallest absolute Gasteiger partial charge is 0.324 e. The number of esters is 1. The summed E-state index contributed by atoms with van der Waals surface area (Å²) in [5.41, 5.74) is 10.1. The Balaban J connectivity index is 1.11. The average Bonchev–Trinajstić information content (AvgIpc) is 4.27. The summed E-state index contributed by atoms with van der Waals surface area (Å²) < 4.78 is 23.1. The topological polar surface area (TPSA) is 192 Å². The quantitative estimate of drug-likeness (QED) is 0.0835. The minimum Gasteiger partial charge on any atom is -0.597 e. The van der Waals surface area contributed by atoms with Crippen LogP contribution in [0.15, 0.2) is 54.9 Å². The molecular weight excluding hydrogens is 933 g/mol. The summed E-state index contributed by atoms with van der Waals surface area (Å²) in [6, 6.07) is 9.75. The van der Waals surface area contributed by atoms with Gasteiger partial charge in [-0.25, -0.2) is 5.43 Å². The molecule has 1 aliphatic carbocycles. The van der Waals surface area contributed by atoms with E-state index in [0.29, 0.717) is 42.9 Å². The van der Waals surface area contributed by atoms with E-state index in [1.165, 1.54) is 27.4 Å². The van der Waals surface area contributed by atoms with Gasteiger partial charge in [-0.3, -0.25) is 34.0 Å². The molecule has 7 atom stereocenters. The highest BCUT2D eigenvalue weighted by Crippen LogP contribution is 2.51. The van der Waals surface area contributed by atoms with Gasteiger partial charge >= 0.3 is 5.97 Å². The number of ether oxygens (including phenoxy) is 1. The molecule has 0 spiro atoms. The summed E-state index contributed by atoms with van der Waals surface area (Å²) in [5, 5.41) is 16.8. The van der Waals surface area contributed by atoms with E-state index < -0.39 is 75.3 Å². The van der Waals surface area contributed by atoms with E-state index in [0.717, 1.165) is 52.5 Å². The molecule has 4 aromatic rings. The first-order chi connectivity index (χ1) is 34.0. The normalized spacial score (nSPS) is 23.2. The van der Waals surface area contributed by atoms with Gasteiger partial charge in [-0.2, -0.15) is 0 Å². The molecule has 2 aromatic heterocycles. The third-order valence-electron chi connectivity index (χ3n) is 14.7. The second-order valence-corrected chi connectivity index (χ2v) is 24.6. The highest BCUT2D eigenvalue weighted by atomic mass is 32.2. The highest BCUT2D eigenvalue weighted by Gasteiger charge is 2.67. The fraction of sp³-hybridized carbons (Fsp3) is 0.564. The number of benzene rings is 2. The Kier molecular flexibility index (Phi) is 15.3. The van der Waals surface area contributed by atoms with Crippen LogP contribution in [0.2, 0.25) is 0 Å². The Morgan fingerprint density at radius 3 is 2.44 bits per heavy atom. The molecule has 2 aromatic carbocycles. The molecule has 8 rings (SSSR count). The van der Waals surface area contributed by atoms with Crippen molar-refractivity contribution in [3.63, 3.8) is 0 Å². The molecule has 2 saturated heterocycles. The number of pyridine rings is 1. The number of nitrogens with one attached hydrogen (secondary N) is 2. The minimum atomic E-state index is -1.39. The predicted octanol–water partition coefficient (Wildman–Crippen LogP) is 6.17. The minimum absolute atomic E-state index is 0.0176. The highest BCUT2D eigenvalue weighted by molar-refractivity contribution is 7.90. The Morgan fingerprint density at radius 1 is 1.04 bits per heavy atom. The van der Waals surface area contributed by atoms with Crippen molar-refractivity contribution in [1.29, 1.82) is 0 Å². The number of aromatic hydroxyl groups is 1. The average molecular weight is 1010 g/mol. The van der Waals surface area contributed by atoms with Crippen LogP contribution in [0.4, 0.5) is 0 Å². The summed E-state index contributed by atoms with van der Waals surface area (Å²) in [6.45, 7) is 18.5. The van der Waals surface area contributed by atoms with Crippen LogP contribution in [0.5, 0.6) is 5.75 Å². The van der Waals surface area contributed by atoms with Gasteiger partial charge in [-0.1, -0.05) is 46.8 Å². The van der Waals surface area contributed by atoms with E-state index in [1.54, 1.807) is 23.5 Å². The number of hydrogen-bond acceptors (Lipinski definition) is 11. The third kappa shape index (κ3) is 10.9. The summed E-state index contributed by atoms with van der Waals surface area (Å²) in [4.78, 5) is 78.7. The summed E-state index contributed by atoms with van der Waals surface area (Å²) >= 11 is -1.39. The van der Waals surface area contributed by atoms with Crippen molar-refractivity contribution in [3.8, 4) is 28.1 Å². The fourth-order valence-corrected chi connectivity index (χ4v) is 12.3. The standard InChI is InChI=1S/C55H74N8O8S/c1-12-34-20-21-56-29-41(34)48-40-28-55(8,9)31-71-53(69)42-15-14-22-62(58-42)51(67)43(25-33-23-37(26-38(64)24-33)36-18-19-44(39(40)27-36)61(48)13-2)57-50(66)46(32(3)4)60(11)45(65)30-59(10)52(68)49-47(35-16-17-35)63(49)72(70)54(5,6)7/h18-21,23-24,26-27,29,32,35,42-43,46-47,49,58,64H,12-17,22,25,28,30-31H2,1-11H3,(H,57,66)/t42-,43-,46-,47+,49+,63?,72+/m0/s1. The maximum Gasteiger partial charge on any atom is 0.324 e. The van der Waals surface area contributed by atoms with Gasteiger partial charge in [-0.15, -0.1) is 4.31 Å². The fourth-order valence-electron chi connectivity index (χ4n) is 10.8. The van der Waals surface area contributed by atoms with Crippen LogP contribution in [-0.4, -0.2) is 137 Å². The van der Waals surface area contributed by atoms with Crippen LogP contribution in [0.1, 0.15) is 105 Å². The lowest BCUT2D eigenvalue weighted by molar-refractivity contribution is -0.155. The number of amides is 4. The van der Waals surface area contributed by atoms with Crippen molar-refractivity contribution in [2.75, 3.05) is 33.8 Å². The number of cyclic esters (lactones) is 1. The molecule has 1 unspecified atom stereocenters. The number of carbonyl (C=O) groups is 5. The summed E-state index contributed by atoms with van der Waals surface area (Å²) in [6.07, 6.45) is 7.97. The van der Waals surface area contributed by atoms with Gasteiger partial charge in [0.15, 0.2) is 6.04 Å². The monoisotopic (exact) mass is 1010 g/mol.